The van der Waals surface area contributed by atoms with Gasteiger partial charge in [-0.25, -0.2) is 18.1 Å². The first-order valence-electron chi connectivity index (χ1n) is 6.10. The molecule has 0 spiro atoms. The maximum atomic E-state index is 12.1. The minimum absolute atomic E-state index is 0.0144. The molecule has 104 valence electrons. The molecule has 0 aliphatic heterocycles. The number of imidazole rings is 1. The largest absolute Gasteiger partial charge is 0.349 e. The van der Waals surface area contributed by atoms with Crippen LogP contribution >= 0.6 is 0 Å². The van der Waals surface area contributed by atoms with Gasteiger partial charge in [-0.1, -0.05) is 12.1 Å². The van der Waals surface area contributed by atoms with Gasteiger partial charge in [0.2, 0.25) is 10.0 Å². The predicted molar refractivity (Wildman–Crippen MR) is 73.3 cm³/mol. The lowest BCUT2D eigenvalue weighted by Crippen LogP contribution is -2.25. The van der Waals surface area contributed by atoms with E-state index in [9.17, 15) is 8.42 Å². The Morgan fingerprint density at radius 2 is 2.15 bits per heavy atom. The Labute approximate surface area is 117 Å². The summed E-state index contributed by atoms with van der Waals surface area (Å²) in [6.07, 6.45) is 4.67. The molecule has 20 heavy (non-hydrogen) atoms. The van der Waals surface area contributed by atoms with Gasteiger partial charge in [0.15, 0.2) is 0 Å². The Morgan fingerprint density at radius 3 is 2.85 bits per heavy atom. The average molecular weight is 290 g/mol. The van der Waals surface area contributed by atoms with Gasteiger partial charge in [-0.05, 0) is 18.6 Å². The van der Waals surface area contributed by atoms with E-state index < -0.39 is 10.0 Å². The van der Waals surface area contributed by atoms with E-state index in [1.165, 1.54) is 12.1 Å². The van der Waals surface area contributed by atoms with Gasteiger partial charge in [-0.15, -0.1) is 0 Å². The van der Waals surface area contributed by atoms with Gasteiger partial charge in [-0.2, -0.15) is 5.26 Å². The number of sulfonamides is 1. The van der Waals surface area contributed by atoms with Crippen LogP contribution in [0.15, 0.2) is 41.6 Å². The summed E-state index contributed by atoms with van der Waals surface area (Å²) < 4.78 is 26.7. The van der Waals surface area contributed by atoms with Gasteiger partial charge < -0.3 is 4.98 Å². The van der Waals surface area contributed by atoms with Crippen LogP contribution < -0.4 is 4.72 Å². The first-order chi connectivity index (χ1) is 9.63. The summed E-state index contributed by atoms with van der Waals surface area (Å²) in [4.78, 5) is 7.03. The Hall–Kier alpha value is -2.17. The topological polar surface area (TPSA) is 98.6 Å². The van der Waals surface area contributed by atoms with Crippen molar-refractivity contribution in [2.24, 2.45) is 0 Å². The molecule has 7 heteroatoms. The van der Waals surface area contributed by atoms with Crippen molar-refractivity contribution in [2.45, 2.75) is 17.7 Å². The van der Waals surface area contributed by atoms with Crippen LogP contribution in [-0.4, -0.2) is 24.9 Å². The number of nitriles is 1. The number of hydrogen-bond donors (Lipinski definition) is 2. The molecule has 0 aliphatic carbocycles. The number of H-pyrrole nitrogens is 1. The highest BCUT2D eigenvalue weighted by Gasteiger charge is 2.17. The van der Waals surface area contributed by atoms with E-state index in [0.717, 1.165) is 5.82 Å². The molecule has 1 aromatic heterocycles. The van der Waals surface area contributed by atoms with Crippen LogP contribution in [0.1, 0.15) is 17.8 Å². The fourth-order valence-electron chi connectivity index (χ4n) is 1.77. The number of aryl methyl sites for hydroxylation is 1. The van der Waals surface area contributed by atoms with Gasteiger partial charge in [0.25, 0.3) is 0 Å². The number of benzene rings is 1. The molecule has 1 aromatic carbocycles. The number of aromatic amines is 1. The molecule has 0 bridgehead atoms. The first-order valence-corrected chi connectivity index (χ1v) is 7.59. The van der Waals surface area contributed by atoms with E-state index in [4.69, 9.17) is 5.26 Å². The van der Waals surface area contributed by atoms with Gasteiger partial charge in [0.05, 0.1) is 10.5 Å². The van der Waals surface area contributed by atoms with Crippen LogP contribution in [0, 0.1) is 11.3 Å². The molecule has 6 nitrogen and oxygen atoms in total. The van der Waals surface area contributed by atoms with Crippen molar-refractivity contribution in [1.82, 2.24) is 14.7 Å². The molecule has 0 saturated heterocycles. The zero-order chi connectivity index (χ0) is 14.4. The smallest absolute Gasteiger partial charge is 0.241 e. The number of hydrogen-bond acceptors (Lipinski definition) is 4. The van der Waals surface area contributed by atoms with Crippen LogP contribution in [0.4, 0.5) is 0 Å². The summed E-state index contributed by atoms with van der Waals surface area (Å²) in [6, 6.07) is 8.02. The Morgan fingerprint density at radius 1 is 1.35 bits per heavy atom. The maximum Gasteiger partial charge on any atom is 0.241 e. The zero-order valence-electron chi connectivity index (χ0n) is 10.7. The molecular formula is C13H14N4O2S. The summed E-state index contributed by atoms with van der Waals surface area (Å²) in [5, 5.41) is 8.92. The average Bonchev–Trinajstić information content (AvgIpc) is 2.97. The minimum Gasteiger partial charge on any atom is -0.349 e. The molecule has 0 amide bonds. The second kappa shape index (κ2) is 6.32. The van der Waals surface area contributed by atoms with Crippen molar-refractivity contribution in [1.29, 1.82) is 5.26 Å². The molecule has 1 heterocycles. The van der Waals surface area contributed by atoms with Crippen molar-refractivity contribution in [2.75, 3.05) is 6.54 Å². The lowest BCUT2D eigenvalue weighted by molar-refractivity contribution is 0.578. The third-order valence-electron chi connectivity index (χ3n) is 2.73. The molecule has 2 N–H and O–H groups in total. The fourth-order valence-corrected chi connectivity index (χ4v) is 3.00. The van der Waals surface area contributed by atoms with Gasteiger partial charge in [0, 0.05) is 25.4 Å². The molecule has 0 unspecified atom stereocenters. The molecule has 0 fully saturated rings. The van der Waals surface area contributed by atoms with Crippen LogP contribution in [0.2, 0.25) is 0 Å². The van der Waals surface area contributed by atoms with Gasteiger partial charge >= 0.3 is 0 Å². The lowest BCUT2D eigenvalue weighted by atomic mass is 10.2. The van der Waals surface area contributed by atoms with Gasteiger partial charge in [-0.3, -0.25) is 0 Å². The number of rotatable bonds is 6. The predicted octanol–water partition coefficient (Wildman–Crippen LogP) is 1.19. The van der Waals surface area contributed by atoms with E-state index >= 15 is 0 Å². The fraction of sp³-hybridized carbons (Fsp3) is 0.231. The van der Waals surface area contributed by atoms with Crippen molar-refractivity contribution in [3.8, 4) is 6.07 Å². The quantitative estimate of drug-likeness (QED) is 0.781. The first kappa shape index (κ1) is 14.2. The molecule has 0 radical (unpaired) electrons. The highest BCUT2D eigenvalue weighted by atomic mass is 32.2. The molecule has 2 rings (SSSR count). The number of aromatic nitrogens is 2. The Bertz CT molecular complexity index is 702. The van der Waals surface area contributed by atoms with E-state index in [-0.39, 0.29) is 10.5 Å². The summed E-state index contributed by atoms with van der Waals surface area (Å²) in [5.74, 6) is 0.821. The van der Waals surface area contributed by atoms with Crippen molar-refractivity contribution < 1.29 is 8.42 Å². The standard InChI is InChI=1S/C13H14N4O2S/c14-10-11-4-1-2-5-12(11)20(18,19)17-7-3-6-13-15-8-9-16-13/h1-2,4-5,8-9,17H,3,6-7H2,(H,15,16). The normalized spacial score (nSPS) is 11.2. The van der Waals surface area contributed by atoms with Crippen LogP contribution in [0.25, 0.3) is 0 Å². The Balaban J connectivity index is 1.96. The van der Waals surface area contributed by atoms with Crippen LogP contribution in [0.5, 0.6) is 0 Å². The maximum absolute atomic E-state index is 12.1. The number of nitrogens with zero attached hydrogens (tertiary/aromatic N) is 2. The summed E-state index contributed by atoms with van der Waals surface area (Å²) in [6.45, 7) is 0.294. The second-order valence-electron chi connectivity index (χ2n) is 4.15. The highest BCUT2D eigenvalue weighted by molar-refractivity contribution is 7.89. The van der Waals surface area contributed by atoms with E-state index in [1.807, 2.05) is 6.07 Å². The molecule has 2 aromatic rings. The second-order valence-corrected chi connectivity index (χ2v) is 5.88. The monoisotopic (exact) mass is 290 g/mol. The van der Waals surface area contributed by atoms with Crippen molar-refractivity contribution in [3.05, 3.63) is 48.0 Å². The Kier molecular flexibility index (Phi) is 4.50. The third kappa shape index (κ3) is 3.44. The lowest BCUT2D eigenvalue weighted by Gasteiger charge is -2.07. The summed E-state index contributed by atoms with van der Waals surface area (Å²) >= 11 is 0. The zero-order valence-corrected chi connectivity index (χ0v) is 11.5. The highest BCUT2D eigenvalue weighted by Crippen LogP contribution is 2.13. The molecule has 0 saturated carbocycles. The summed E-state index contributed by atoms with van der Waals surface area (Å²) in [7, 11) is -3.65. The minimum atomic E-state index is -3.65. The number of nitrogens with one attached hydrogen (secondary N) is 2. The van der Waals surface area contributed by atoms with E-state index in [0.29, 0.717) is 19.4 Å². The van der Waals surface area contributed by atoms with Crippen LogP contribution in [-0.2, 0) is 16.4 Å². The SMILES string of the molecule is N#Cc1ccccc1S(=O)(=O)NCCCc1ncc[nH]1. The summed E-state index contributed by atoms with van der Waals surface area (Å²) in [5.41, 5.74) is 0.144. The van der Waals surface area contributed by atoms with Crippen LogP contribution in [0.3, 0.4) is 0 Å². The van der Waals surface area contributed by atoms with Crippen molar-refractivity contribution >= 4 is 10.0 Å². The van der Waals surface area contributed by atoms with Gasteiger partial charge in [0.1, 0.15) is 11.9 Å². The molecule has 0 aliphatic rings. The van der Waals surface area contributed by atoms with E-state index in [2.05, 4.69) is 14.7 Å². The molecule has 0 atom stereocenters. The third-order valence-corrected chi connectivity index (χ3v) is 4.25. The van der Waals surface area contributed by atoms with Crippen molar-refractivity contribution in [3.63, 3.8) is 0 Å². The van der Waals surface area contributed by atoms with E-state index in [1.54, 1.807) is 24.5 Å². The molecular weight excluding hydrogens is 276 g/mol.